The predicted molar refractivity (Wildman–Crippen MR) is 95.2 cm³/mol. The summed E-state index contributed by atoms with van der Waals surface area (Å²) < 4.78 is 6.90. The van der Waals surface area contributed by atoms with Crippen molar-refractivity contribution in [2.24, 2.45) is 5.73 Å². The fourth-order valence-electron chi connectivity index (χ4n) is 2.03. The van der Waals surface area contributed by atoms with Crippen LogP contribution >= 0.6 is 28.1 Å². The van der Waals surface area contributed by atoms with Crippen LogP contribution in [0.1, 0.15) is 31.9 Å². The average molecular weight is 364 g/mol. The Labute approximate surface area is 139 Å². The Morgan fingerprint density at radius 1 is 1.10 bits per heavy atom. The molecule has 0 unspecified atom stereocenters. The third-order valence-corrected chi connectivity index (χ3v) is 3.99. The van der Waals surface area contributed by atoms with Gasteiger partial charge in [0.15, 0.2) is 0 Å². The summed E-state index contributed by atoms with van der Waals surface area (Å²) in [6.45, 7) is 6.50. The van der Waals surface area contributed by atoms with Crippen LogP contribution in [0.2, 0.25) is 0 Å². The van der Waals surface area contributed by atoms with E-state index in [1.54, 1.807) is 0 Å². The van der Waals surface area contributed by atoms with E-state index in [1.165, 1.54) is 0 Å². The van der Waals surface area contributed by atoms with Crippen LogP contribution in [-0.2, 0) is 5.41 Å². The van der Waals surface area contributed by atoms with Crippen LogP contribution in [0.25, 0.3) is 0 Å². The highest BCUT2D eigenvalue weighted by Crippen LogP contribution is 2.36. The molecular formula is C17H18BrNOS. The fraction of sp³-hybridized carbons (Fsp3) is 0.235. The van der Waals surface area contributed by atoms with Crippen molar-refractivity contribution in [2.75, 3.05) is 0 Å². The molecule has 0 fully saturated rings. The number of hydrogen-bond donors (Lipinski definition) is 1. The Bertz CT molecular complexity index is 677. The zero-order valence-electron chi connectivity index (χ0n) is 12.3. The monoisotopic (exact) mass is 363 g/mol. The van der Waals surface area contributed by atoms with E-state index in [0.717, 1.165) is 27.1 Å². The van der Waals surface area contributed by atoms with Gasteiger partial charge in [0.2, 0.25) is 0 Å². The molecule has 0 spiro atoms. The highest BCUT2D eigenvalue weighted by Gasteiger charge is 2.19. The molecule has 0 aliphatic heterocycles. The summed E-state index contributed by atoms with van der Waals surface area (Å²) in [5.74, 6) is 1.60. The summed E-state index contributed by atoms with van der Waals surface area (Å²) in [5.41, 5.74) is 7.63. The number of rotatable bonds is 3. The molecule has 0 radical (unpaired) electrons. The van der Waals surface area contributed by atoms with Gasteiger partial charge in [0.1, 0.15) is 16.5 Å². The molecule has 110 valence electrons. The molecule has 2 rings (SSSR count). The van der Waals surface area contributed by atoms with Crippen molar-refractivity contribution in [3.05, 3.63) is 58.1 Å². The van der Waals surface area contributed by atoms with Gasteiger partial charge in [0, 0.05) is 11.1 Å². The van der Waals surface area contributed by atoms with E-state index >= 15 is 0 Å². The van der Waals surface area contributed by atoms with Crippen molar-refractivity contribution in [3.63, 3.8) is 0 Å². The van der Waals surface area contributed by atoms with E-state index in [2.05, 4.69) is 42.8 Å². The Hall–Kier alpha value is -1.39. The van der Waals surface area contributed by atoms with Crippen molar-refractivity contribution < 1.29 is 4.74 Å². The van der Waals surface area contributed by atoms with Gasteiger partial charge < -0.3 is 10.5 Å². The van der Waals surface area contributed by atoms with Crippen LogP contribution < -0.4 is 10.5 Å². The van der Waals surface area contributed by atoms with Gasteiger partial charge in [0.25, 0.3) is 0 Å². The summed E-state index contributed by atoms with van der Waals surface area (Å²) in [4.78, 5) is 0.373. The zero-order valence-corrected chi connectivity index (χ0v) is 14.7. The molecule has 2 nitrogen and oxygen atoms in total. The van der Waals surface area contributed by atoms with Gasteiger partial charge in [-0.15, -0.1) is 0 Å². The highest BCUT2D eigenvalue weighted by molar-refractivity contribution is 9.10. The maximum atomic E-state index is 6.07. The minimum absolute atomic E-state index is 0.0157. The lowest BCUT2D eigenvalue weighted by Gasteiger charge is -2.22. The van der Waals surface area contributed by atoms with Crippen LogP contribution in [0.15, 0.2) is 46.9 Å². The molecule has 21 heavy (non-hydrogen) atoms. The third-order valence-electron chi connectivity index (χ3n) is 3.13. The lowest BCUT2D eigenvalue weighted by Crippen LogP contribution is -2.12. The van der Waals surface area contributed by atoms with E-state index < -0.39 is 0 Å². The molecule has 0 amide bonds. The van der Waals surface area contributed by atoms with Crippen molar-refractivity contribution in [1.82, 2.24) is 0 Å². The minimum atomic E-state index is 0.0157. The van der Waals surface area contributed by atoms with E-state index in [1.807, 2.05) is 36.4 Å². The molecule has 0 heterocycles. The third kappa shape index (κ3) is 3.83. The number of benzene rings is 2. The van der Waals surface area contributed by atoms with Crippen molar-refractivity contribution in [3.8, 4) is 11.5 Å². The molecular weight excluding hydrogens is 346 g/mol. The lowest BCUT2D eigenvalue weighted by molar-refractivity contribution is 0.453. The van der Waals surface area contributed by atoms with Crippen molar-refractivity contribution >= 4 is 33.1 Å². The fourth-order valence-corrected chi connectivity index (χ4v) is 2.62. The lowest BCUT2D eigenvalue weighted by atomic mass is 9.86. The Morgan fingerprint density at radius 3 is 2.33 bits per heavy atom. The first-order chi connectivity index (χ1) is 9.79. The standard InChI is InChI=1S/C17H18BrNOS/c1-17(2,3)12-6-4-5-7-14(12)20-15-9-8-11(16(19)21)10-13(15)18/h4-10H,1-3H3,(H2,19,21). The van der Waals surface area contributed by atoms with Gasteiger partial charge in [0.05, 0.1) is 4.47 Å². The van der Waals surface area contributed by atoms with Gasteiger partial charge in [-0.2, -0.15) is 0 Å². The van der Waals surface area contributed by atoms with Gasteiger partial charge in [-0.3, -0.25) is 0 Å². The molecule has 0 aliphatic rings. The number of hydrogen-bond acceptors (Lipinski definition) is 2. The second-order valence-electron chi connectivity index (χ2n) is 5.86. The maximum Gasteiger partial charge on any atom is 0.141 e. The number of ether oxygens (including phenoxy) is 1. The Morgan fingerprint density at radius 2 is 1.76 bits per heavy atom. The molecule has 0 saturated carbocycles. The molecule has 4 heteroatoms. The molecule has 0 saturated heterocycles. The average Bonchev–Trinajstić information content (AvgIpc) is 2.40. The number of para-hydroxylation sites is 1. The summed E-state index contributed by atoms with van der Waals surface area (Å²) >= 11 is 8.49. The molecule has 2 aromatic rings. The van der Waals surface area contributed by atoms with Crippen molar-refractivity contribution in [2.45, 2.75) is 26.2 Å². The van der Waals surface area contributed by atoms with E-state index in [-0.39, 0.29) is 5.41 Å². The molecule has 0 aromatic heterocycles. The first-order valence-electron chi connectivity index (χ1n) is 6.66. The largest absolute Gasteiger partial charge is 0.456 e. The highest BCUT2D eigenvalue weighted by atomic mass is 79.9. The quantitative estimate of drug-likeness (QED) is 0.763. The van der Waals surface area contributed by atoms with Gasteiger partial charge in [-0.05, 0) is 45.6 Å². The summed E-state index contributed by atoms with van der Waals surface area (Å²) in [6, 6.07) is 13.7. The van der Waals surface area contributed by atoms with Crippen LogP contribution in [-0.4, -0.2) is 4.99 Å². The van der Waals surface area contributed by atoms with Crippen LogP contribution in [0.4, 0.5) is 0 Å². The van der Waals surface area contributed by atoms with Crippen LogP contribution in [0, 0.1) is 0 Å². The normalized spacial score (nSPS) is 11.2. The van der Waals surface area contributed by atoms with Gasteiger partial charge in [-0.25, -0.2) is 0 Å². The minimum Gasteiger partial charge on any atom is -0.456 e. The molecule has 0 atom stereocenters. The van der Waals surface area contributed by atoms with Crippen LogP contribution in [0.3, 0.4) is 0 Å². The summed E-state index contributed by atoms with van der Waals surface area (Å²) in [5, 5.41) is 0. The molecule has 2 aromatic carbocycles. The van der Waals surface area contributed by atoms with Gasteiger partial charge >= 0.3 is 0 Å². The van der Waals surface area contributed by atoms with E-state index in [4.69, 9.17) is 22.7 Å². The Balaban J connectivity index is 2.38. The second kappa shape index (κ2) is 6.16. The van der Waals surface area contributed by atoms with Crippen molar-refractivity contribution in [1.29, 1.82) is 0 Å². The first kappa shape index (κ1) is 16.0. The molecule has 0 bridgehead atoms. The maximum absolute atomic E-state index is 6.07. The predicted octanol–water partition coefficient (Wildman–Crippen LogP) is 5.17. The summed E-state index contributed by atoms with van der Waals surface area (Å²) in [7, 11) is 0. The second-order valence-corrected chi connectivity index (χ2v) is 7.15. The molecule has 0 aliphatic carbocycles. The molecule has 2 N–H and O–H groups in total. The first-order valence-corrected chi connectivity index (χ1v) is 7.86. The number of nitrogens with two attached hydrogens (primary N) is 1. The van der Waals surface area contributed by atoms with E-state index in [9.17, 15) is 0 Å². The number of halogens is 1. The SMILES string of the molecule is CC(C)(C)c1ccccc1Oc1ccc(C(N)=S)cc1Br. The topological polar surface area (TPSA) is 35.2 Å². The number of thiocarbonyl (C=S) groups is 1. The Kier molecular flexibility index (Phi) is 4.69. The van der Waals surface area contributed by atoms with Gasteiger partial charge in [-0.1, -0.05) is 51.2 Å². The smallest absolute Gasteiger partial charge is 0.141 e. The van der Waals surface area contributed by atoms with Crippen LogP contribution in [0.5, 0.6) is 11.5 Å². The zero-order chi connectivity index (χ0) is 15.6. The summed E-state index contributed by atoms with van der Waals surface area (Å²) in [6.07, 6.45) is 0. The van der Waals surface area contributed by atoms with E-state index in [0.29, 0.717) is 4.99 Å².